The molecule has 0 saturated carbocycles. The molecule has 0 unspecified atom stereocenters. The summed E-state index contributed by atoms with van der Waals surface area (Å²) < 4.78 is 8.20. The molecule has 2 heterocycles. The molecule has 0 spiro atoms. The molecule has 0 saturated heterocycles. The summed E-state index contributed by atoms with van der Waals surface area (Å²) in [7, 11) is 1.78. The molecule has 0 radical (unpaired) electrons. The highest BCUT2D eigenvalue weighted by Crippen LogP contribution is 2.20. The molecule has 0 aliphatic rings. The Morgan fingerprint density at radius 3 is 2.66 bits per heavy atom. The highest BCUT2D eigenvalue weighted by atomic mass is 16.5. The molecular weight excluding hydrogens is 400 g/mol. The average molecular weight is 429 g/mol. The van der Waals surface area contributed by atoms with Gasteiger partial charge in [-0.3, -0.25) is 9.78 Å². The van der Waals surface area contributed by atoms with E-state index in [1.54, 1.807) is 30.3 Å². The normalized spacial score (nSPS) is 11.0. The van der Waals surface area contributed by atoms with E-state index in [0.717, 1.165) is 41.1 Å². The summed E-state index contributed by atoms with van der Waals surface area (Å²) in [5.41, 5.74) is 4.80. The van der Waals surface area contributed by atoms with Gasteiger partial charge in [-0.2, -0.15) is 0 Å². The third-order valence-electron chi connectivity index (χ3n) is 5.46. The smallest absolute Gasteiger partial charge is 0.272 e. The lowest BCUT2D eigenvalue weighted by molar-refractivity contribution is 0.0774. The molecular formula is C26H28N4O2. The van der Waals surface area contributed by atoms with Crippen molar-refractivity contribution < 1.29 is 9.53 Å². The summed E-state index contributed by atoms with van der Waals surface area (Å²) in [5.74, 6) is 1.65. The van der Waals surface area contributed by atoms with Crippen LogP contribution in [-0.4, -0.2) is 39.0 Å². The number of amides is 1. The molecule has 32 heavy (non-hydrogen) atoms. The van der Waals surface area contributed by atoms with Crippen LogP contribution in [0.15, 0.2) is 66.9 Å². The number of aryl methyl sites for hydroxylation is 3. The van der Waals surface area contributed by atoms with Gasteiger partial charge in [-0.25, -0.2) is 4.98 Å². The van der Waals surface area contributed by atoms with Crippen LogP contribution in [-0.2, 0) is 13.1 Å². The predicted octanol–water partition coefficient (Wildman–Crippen LogP) is 4.79. The summed E-state index contributed by atoms with van der Waals surface area (Å²) in [6, 6.07) is 19.6. The van der Waals surface area contributed by atoms with E-state index in [2.05, 4.69) is 41.6 Å². The highest BCUT2D eigenvalue weighted by Gasteiger charge is 2.17. The van der Waals surface area contributed by atoms with Gasteiger partial charge in [0.05, 0.1) is 24.2 Å². The van der Waals surface area contributed by atoms with Crippen LogP contribution in [0.1, 0.15) is 33.9 Å². The van der Waals surface area contributed by atoms with Crippen LogP contribution < -0.4 is 4.74 Å². The first kappa shape index (κ1) is 21.6. The molecule has 1 amide bonds. The first-order valence-corrected chi connectivity index (χ1v) is 10.8. The fourth-order valence-corrected chi connectivity index (χ4v) is 3.83. The van der Waals surface area contributed by atoms with E-state index in [4.69, 9.17) is 9.72 Å². The number of benzene rings is 2. The molecule has 2 aromatic heterocycles. The van der Waals surface area contributed by atoms with Crippen molar-refractivity contribution in [2.24, 2.45) is 0 Å². The van der Waals surface area contributed by atoms with Gasteiger partial charge in [0.25, 0.3) is 5.91 Å². The number of nitrogens with zero attached hydrogens (tertiary/aromatic N) is 4. The Hall–Kier alpha value is -3.67. The van der Waals surface area contributed by atoms with Crippen LogP contribution in [0.3, 0.4) is 0 Å². The van der Waals surface area contributed by atoms with Gasteiger partial charge in [-0.05, 0) is 56.2 Å². The van der Waals surface area contributed by atoms with Crippen molar-refractivity contribution in [2.45, 2.75) is 33.4 Å². The number of ether oxygens (including phenoxy) is 1. The number of hydrogen-bond donors (Lipinski definition) is 0. The topological polar surface area (TPSA) is 60.2 Å². The van der Waals surface area contributed by atoms with Crippen molar-refractivity contribution in [3.8, 4) is 5.75 Å². The zero-order chi connectivity index (χ0) is 22.5. The lowest BCUT2D eigenvalue weighted by Gasteiger charge is -2.18. The third-order valence-corrected chi connectivity index (χ3v) is 5.46. The van der Waals surface area contributed by atoms with Crippen LogP contribution in [0.25, 0.3) is 11.0 Å². The fourth-order valence-electron chi connectivity index (χ4n) is 3.83. The summed E-state index contributed by atoms with van der Waals surface area (Å²) in [4.78, 5) is 23.4. The van der Waals surface area contributed by atoms with E-state index in [0.29, 0.717) is 18.8 Å². The summed E-state index contributed by atoms with van der Waals surface area (Å²) in [5, 5.41) is 0. The quantitative estimate of drug-likeness (QED) is 0.379. The minimum Gasteiger partial charge on any atom is -0.493 e. The van der Waals surface area contributed by atoms with Crippen molar-refractivity contribution in [1.29, 1.82) is 0 Å². The highest BCUT2D eigenvalue weighted by molar-refractivity contribution is 5.92. The van der Waals surface area contributed by atoms with Crippen LogP contribution >= 0.6 is 0 Å². The molecule has 0 atom stereocenters. The molecule has 0 aliphatic heterocycles. The number of pyridine rings is 1. The Morgan fingerprint density at radius 2 is 1.88 bits per heavy atom. The van der Waals surface area contributed by atoms with Crippen molar-refractivity contribution in [3.63, 3.8) is 0 Å². The van der Waals surface area contributed by atoms with E-state index in [1.165, 1.54) is 5.56 Å². The Kier molecular flexibility index (Phi) is 6.50. The van der Waals surface area contributed by atoms with Gasteiger partial charge in [0.2, 0.25) is 0 Å². The van der Waals surface area contributed by atoms with E-state index in [9.17, 15) is 4.79 Å². The molecule has 164 valence electrons. The Balaban J connectivity index is 1.47. The molecule has 0 aliphatic carbocycles. The first-order valence-electron chi connectivity index (χ1n) is 10.8. The Bertz CT molecular complexity index is 1220. The molecule has 6 heteroatoms. The second-order valence-corrected chi connectivity index (χ2v) is 8.02. The molecule has 0 fully saturated rings. The molecule has 4 aromatic rings. The van der Waals surface area contributed by atoms with Crippen molar-refractivity contribution in [3.05, 3.63) is 89.5 Å². The number of para-hydroxylation sites is 2. The third kappa shape index (κ3) is 4.80. The lowest BCUT2D eigenvalue weighted by atomic mass is 10.1. The maximum atomic E-state index is 12.8. The van der Waals surface area contributed by atoms with Crippen molar-refractivity contribution >= 4 is 16.9 Å². The van der Waals surface area contributed by atoms with Crippen LogP contribution in [0, 0.1) is 13.8 Å². The van der Waals surface area contributed by atoms with E-state index in [-0.39, 0.29) is 5.91 Å². The summed E-state index contributed by atoms with van der Waals surface area (Å²) in [6.45, 7) is 5.92. The minimum absolute atomic E-state index is 0.123. The number of hydrogen-bond acceptors (Lipinski definition) is 4. The molecule has 0 N–H and O–H groups in total. The first-order chi connectivity index (χ1) is 15.5. The van der Waals surface area contributed by atoms with Crippen molar-refractivity contribution in [2.75, 3.05) is 13.7 Å². The number of aromatic nitrogens is 3. The summed E-state index contributed by atoms with van der Waals surface area (Å²) in [6.07, 6.45) is 2.46. The minimum atomic E-state index is -0.123. The van der Waals surface area contributed by atoms with E-state index in [1.807, 2.05) is 30.3 Å². The maximum absolute atomic E-state index is 12.8. The van der Waals surface area contributed by atoms with Gasteiger partial charge in [0.1, 0.15) is 17.3 Å². The van der Waals surface area contributed by atoms with E-state index < -0.39 is 0 Å². The van der Waals surface area contributed by atoms with Crippen molar-refractivity contribution in [1.82, 2.24) is 19.4 Å². The van der Waals surface area contributed by atoms with E-state index >= 15 is 0 Å². The molecule has 0 bridgehead atoms. The van der Waals surface area contributed by atoms with Gasteiger partial charge < -0.3 is 14.2 Å². The van der Waals surface area contributed by atoms with Gasteiger partial charge in [0, 0.05) is 19.8 Å². The molecule has 4 rings (SSSR count). The largest absolute Gasteiger partial charge is 0.493 e. The fraction of sp³-hybridized carbons (Fsp3) is 0.269. The molecule has 6 nitrogen and oxygen atoms in total. The van der Waals surface area contributed by atoms with Gasteiger partial charge in [-0.1, -0.05) is 35.9 Å². The average Bonchev–Trinajstić information content (AvgIpc) is 3.14. The Morgan fingerprint density at radius 1 is 1.06 bits per heavy atom. The van der Waals surface area contributed by atoms with Crippen LogP contribution in [0.4, 0.5) is 0 Å². The second kappa shape index (κ2) is 9.64. The van der Waals surface area contributed by atoms with Crippen LogP contribution in [0.2, 0.25) is 0 Å². The SMILES string of the molecule is Cc1ccc(OCCCn2c(CN(C)C(=O)c3ccccn3)nc3ccccc32)c(C)c1. The number of fused-ring (bicyclic) bond motifs is 1. The van der Waals surface area contributed by atoms with Gasteiger partial charge in [-0.15, -0.1) is 0 Å². The van der Waals surface area contributed by atoms with Gasteiger partial charge in [0.15, 0.2) is 0 Å². The Labute approximate surface area is 188 Å². The number of carbonyl (C=O) groups excluding carboxylic acids is 1. The standard InChI is InChI=1S/C26H28N4O2/c1-19-12-13-24(20(2)17-19)32-16-8-15-30-23-11-5-4-9-21(23)28-25(30)18-29(3)26(31)22-10-6-7-14-27-22/h4-7,9-14,17H,8,15-16,18H2,1-3H3. The zero-order valence-electron chi connectivity index (χ0n) is 18.8. The lowest BCUT2D eigenvalue weighted by Crippen LogP contribution is -2.28. The zero-order valence-corrected chi connectivity index (χ0v) is 18.8. The predicted molar refractivity (Wildman–Crippen MR) is 126 cm³/mol. The number of rotatable bonds is 8. The second-order valence-electron chi connectivity index (χ2n) is 8.02. The molecule has 2 aromatic carbocycles. The summed E-state index contributed by atoms with van der Waals surface area (Å²) >= 11 is 0. The maximum Gasteiger partial charge on any atom is 0.272 e. The van der Waals surface area contributed by atoms with Crippen LogP contribution in [0.5, 0.6) is 5.75 Å². The monoisotopic (exact) mass is 428 g/mol. The number of imidazole rings is 1. The van der Waals surface area contributed by atoms with Gasteiger partial charge >= 0.3 is 0 Å². The number of carbonyl (C=O) groups is 1.